The monoisotopic (exact) mass is 343 g/mol. The number of rotatable bonds is 3. The molecule has 1 N–H and O–H groups in total. The van der Waals surface area contributed by atoms with Gasteiger partial charge in [-0.05, 0) is 51.1 Å². The molecule has 3 aromatic rings. The van der Waals surface area contributed by atoms with Crippen molar-refractivity contribution in [1.82, 2.24) is 24.7 Å². The molecule has 0 bridgehead atoms. The molecule has 0 aliphatic heterocycles. The normalized spacial score (nSPS) is 11.7. The number of aromatic nitrogens is 4. The number of carbonyl (C=O) groups is 1. The van der Waals surface area contributed by atoms with Crippen LogP contribution in [0.15, 0.2) is 41.5 Å². The molecule has 8 heteroatoms. The standard InChI is InChI=1S/C17H18FN5O2/c1-17(2,3)20-15(24)9-22-16(25)14-8-13(21-23(14)10-19-22)11-4-6-12(18)7-5-11/h4-8,10H,9H2,1-3H3,(H,20,24). The predicted molar refractivity (Wildman–Crippen MR) is 90.5 cm³/mol. The fraction of sp³-hybridized carbons (Fsp3) is 0.294. The topological polar surface area (TPSA) is 81.3 Å². The Kier molecular flexibility index (Phi) is 4.12. The zero-order valence-corrected chi connectivity index (χ0v) is 14.2. The number of nitrogens with one attached hydrogen (secondary N) is 1. The van der Waals surface area contributed by atoms with Crippen LogP contribution in [-0.2, 0) is 11.3 Å². The van der Waals surface area contributed by atoms with Crippen molar-refractivity contribution in [3.8, 4) is 11.3 Å². The van der Waals surface area contributed by atoms with Crippen molar-refractivity contribution in [2.45, 2.75) is 32.9 Å². The van der Waals surface area contributed by atoms with Gasteiger partial charge < -0.3 is 5.32 Å². The van der Waals surface area contributed by atoms with E-state index in [9.17, 15) is 14.0 Å². The van der Waals surface area contributed by atoms with Gasteiger partial charge in [0.15, 0.2) is 0 Å². The average Bonchev–Trinajstić information content (AvgIpc) is 2.94. The average molecular weight is 343 g/mol. The van der Waals surface area contributed by atoms with Crippen molar-refractivity contribution in [3.05, 3.63) is 52.8 Å². The van der Waals surface area contributed by atoms with Crippen LogP contribution < -0.4 is 10.9 Å². The highest BCUT2D eigenvalue weighted by molar-refractivity contribution is 5.76. The van der Waals surface area contributed by atoms with Crippen molar-refractivity contribution < 1.29 is 9.18 Å². The summed E-state index contributed by atoms with van der Waals surface area (Å²) in [4.78, 5) is 24.5. The number of nitrogens with zero attached hydrogens (tertiary/aromatic N) is 4. The molecule has 7 nitrogen and oxygen atoms in total. The highest BCUT2D eigenvalue weighted by Crippen LogP contribution is 2.18. The lowest BCUT2D eigenvalue weighted by Crippen LogP contribution is -2.44. The second kappa shape index (κ2) is 6.12. The number of carbonyl (C=O) groups excluding carboxylic acids is 1. The summed E-state index contributed by atoms with van der Waals surface area (Å²) in [6.45, 7) is 5.40. The van der Waals surface area contributed by atoms with E-state index in [-0.39, 0.29) is 23.8 Å². The van der Waals surface area contributed by atoms with Gasteiger partial charge in [0.2, 0.25) is 5.91 Å². The first-order valence-electron chi connectivity index (χ1n) is 7.75. The molecule has 2 aromatic heterocycles. The summed E-state index contributed by atoms with van der Waals surface area (Å²) in [5.74, 6) is -0.647. The molecule has 0 radical (unpaired) electrons. The first-order chi connectivity index (χ1) is 11.7. The Labute approximate surface area is 143 Å². The second-order valence-electron chi connectivity index (χ2n) is 6.76. The van der Waals surface area contributed by atoms with E-state index in [1.165, 1.54) is 23.0 Å². The van der Waals surface area contributed by atoms with Crippen molar-refractivity contribution >= 4 is 11.4 Å². The first-order valence-corrected chi connectivity index (χ1v) is 7.75. The summed E-state index contributed by atoms with van der Waals surface area (Å²) in [7, 11) is 0. The van der Waals surface area contributed by atoms with Crippen LogP contribution in [0.25, 0.3) is 16.8 Å². The molecular formula is C17H18FN5O2. The number of halogens is 1. The summed E-state index contributed by atoms with van der Waals surface area (Å²) in [5.41, 5.74) is 0.680. The molecule has 0 aliphatic carbocycles. The van der Waals surface area contributed by atoms with Crippen molar-refractivity contribution in [1.29, 1.82) is 0 Å². The third kappa shape index (κ3) is 3.73. The zero-order chi connectivity index (χ0) is 18.2. The second-order valence-corrected chi connectivity index (χ2v) is 6.76. The van der Waals surface area contributed by atoms with Gasteiger partial charge in [-0.1, -0.05) is 0 Å². The van der Waals surface area contributed by atoms with E-state index >= 15 is 0 Å². The predicted octanol–water partition coefficient (Wildman–Crippen LogP) is 1.61. The van der Waals surface area contributed by atoms with Crippen LogP contribution in [0.5, 0.6) is 0 Å². The van der Waals surface area contributed by atoms with E-state index in [1.54, 1.807) is 18.2 Å². The van der Waals surface area contributed by atoms with Crippen molar-refractivity contribution in [2.75, 3.05) is 0 Å². The lowest BCUT2D eigenvalue weighted by molar-refractivity contribution is -0.123. The Balaban J connectivity index is 1.93. The Morgan fingerprint density at radius 1 is 1.24 bits per heavy atom. The summed E-state index contributed by atoms with van der Waals surface area (Å²) in [6.07, 6.45) is 1.37. The van der Waals surface area contributed by atoms with Gasteiger partial charge in [-0.2, -0.15) is 10.2 Å². The number of benzene rings is 1. The molecule has 0 atom stereocenters. The SMILES string of the molecule is CC(C)(C)NC(=O)Cn1ncn2nc(-c3ccc(F)cc3)cc2c1=O. The maximum atomic E-state index is 13.0. The molecule has 0 spiro atoms. The van der Waals surface area contributed by atoms with Gasteiger partial charge >= 0.3 is 0 Å². The van der Waals surface area contributed by atoms with Crippen LogP contribution in [0.2, 0.25) is 0 Å². The minimum Gasteiger partial charge on any atom is -0.350 e. The van der Waals surface area contributed by atoms with E-state index in [0.717, 1.165) is 4.68 Å². The molecule has 0 saturated heterocycles. The van der Waals surface area contributed by atoms with Crippen LogP contribution >= 0.6 is 0 Å². The van der Waals surface area contributed by atoms with Crippen LogP contribution in [-0.4, -0.2) is 30.8 Å². The maximum Gasteiger partial charge on any atom is 0.293 e. The van der Waals surface area contributed by atoms with Gasteiger partial charge in [-0.3, -0.25) is 9.59 Å². The van der Waals surface area contributed by atoms with Crippen LogP contribution in [0, 0.1) is 5.82 Å². The third-order valence-corrected chi connectivity index (χ3v) is 3.44. The van der Waals surface area contributed by atoms with E-state index in [1.807, 2.05) is 20.8 Å². The summed E-state index contributed by atoms with van der Waals surface area (Å²) in [6, 6.07) is 7.41. The summed E-state index contributed by atoms with van der Waals surface area (Å²) in [5, 5.41) is 11.0. The summed E-state index contributed by atoms with van der Waals surface area (Å²) < 4.78 is 15.5. The van der Waals surface area contributed by atoms with Crippen LogP contribution in [0.4, 0.5) is 4.39 Å². The molecule has 0 unspecified atom stereocenters. The molecule has 1 aromatic carbocycles. The molecule has 0 fully saturated rings. The minimum atomic E-state index is -0.424. The molecular weight excluding hydrogens is 325 g/mol. The highest BCUT2D eigenvalue weighted by atomic mass is 19.1. The zero-order valence-electron chi connectivity index (χ0n) is 14.2. The molecule has 0 aliphatic rings. The molecule has 1 amide bonds. The number of amides is 1. The van der Waals surface area contributed by atoms with Gasteiger partial charge in [0.1, 0.15) is 24.2 Å². The fourth-order valence-corrected chi connectivity index (χ4v) is 2.41. The summed E-state index contributed by atoms with van der Waals surface area (Å²) >= 11 is 0. The third-order valence-electron chi connectivity index (χ3n) is 3.44. The minimum absolute atomic E-state index is 0.177. The first kappa shape index (κ1) is 16.8. The Morgan fingerprint density at radius 2 is 1.92 bits per heavy atom. The van der Waals surface area contributed by atoms with E-state index < -0.39 is 11.1 Å². The molecule has 2 heterocycles. The van der Waals surface area contributed by atoms with Gasteiger partial charge in [-0.15, -0.1) is 0 Å². The number of hydrogen-bond donors (Lipinski definition) is 1. The quantitative estimate of drug-likeness (QED) is 0.783. The van der Waals surface area contributed by atoms with Gasteiger partial charge in [0, 0.05) is 11.1 Å². The molecule has 25 heavy (non-hydrogen) atoms. The number of hydrogen-bond acceptors (Lipinski definition) is 4. The maximum absolute atomic E-state index is 13.0. The van der Waals surface area contributed by atoms with E-state index in [2.05, 4.69) is 15.5 Å². The van der Waals surface area contributed by atoms with E-state index in [0.29, 0.717) is 11.3 Å². The van der Waals surface area contributed by atoms with E-state index in [4.69, 9.17) is 0 Å². The lowest BCUT2D eigenvalue weighted by Gasteiger charge is -2.20. The highest BCUT2D eigenvalue weighted by Gasteiger charge is 2.16. The van der Waals surface area contributed by atoms with Gasteiger partial charge in [0.05, 0.1) is 5.69 Å². The lowest BCUT2D eigenvalue weighted by atomic mass is 10.1. The van der Waals surface area contributed by atoms with Crippen LogP contribution in [0.3, 0.4) is 0 Å². The molecule has 130 valence electrons. The molecule has 0 saturated carbocycles. The Hall–Kier alpha value is -3.03. The van der Waals surface area contributed by atoms with Crippen molar-refractivity contribution in [2.24, 2.45) is 0 Å². The van der Waals surface area contributed by atoms with Crippen molar-refractivity contribution in [3.63, 3.8) is 0 Å². The largest absolute Gasteiger partial charge is 0.350 e. The number of fused-ring (bicyclic) bond motifs is 1. The Morgan fingerprint density at radius 3 is 2.56 bits per heavy atom. The smallest absolute Gasteiger partial charge is 0.293 e. The molecule has 3 rings (SSSR count). The Bertz CT molecular complexity index is 983. The van der Waals surface area contributed by atoms with Crippen LogP contribution in [0.1, 0.15) is 20.8 Å². The van der Waals surface area contributed by atoms with Gasteiger partial charge in [0.25, 0.3) is 5.56 Å². The van der Waals surface area contributed by atoms with Gasteiger partial charge in [-0.25, -0.2) is 13.6 Å². The fourth-order valence-electron chi connectivity index (χ4n) is 2.41.